The summed E-state index contributed by atoms with van der Waals surface area (Å²) in [6.45, 7) is 0.575. The van der Waals surface area contributed by atoms with Crippen LogP contribution in [0.15, 0.2) is 36.7 Å². The van der Waals surface area contributed by atoms with Gasteiger partial charge in [-0.1, -0.05) is 17.7 Å². The van der Waals surface area contributed by atoms with Crippen LogP contribution in [0.1, 0.15) is 11.1 Å². The van der Waals surface area contributed by atoms with Crippen molar-refractivity contribution >= 4 is 11.6 Å². The minimum absolute atomic E-state index is 0.220. The maximum atomic E-state index is 12.9. The van der Waals surface area contributed by atoms with Gasteiger partial charge in [0.15, 0.2) is 0 Å². The van der Waals surface area contributed by atoms with Crippen molar-refractivity contribution in [2.24, 2.45) is 5.73 Å². The zero-order chi connectivity index (χ0) is 13.0. The summed E-state index contributed by atoms with van der Waals surface area (Å²) in [6, 6.07) is 6.62. The van der Waals surface area contributed by atoms with Crippen molar-refractivity contribution in [3.05, 3.63) is 58.6 Å². The van der Waals surface area contributed by atoms with E-state index in [0.29, 0.717) is 22.9 Å². The lowest BCUT2D eigenvalue weighted by molar-refractivity contribution is 0.302. The number of benzene rings is 1. The molecule has 1 aromatic heterocycles. The molecule has 0 spiro atoms. The summed E-state index contributed by atoms with van der Waals surface area (Å²) in [4.78, 5) is 3.75. The fourth-order valence-electron chi connectivity index (χ4n) is 1.53. The summed E-state index contributed by atoms with van der Waals surface area (Å²) in [7, 11) is 0. The fraction of sp³-hybridized carbons (Fsp3) is 0.154. The average Bonchev–Trinajstić information content (AvgIpc) is 2.37. The van der Waals surface area contributed by atoms with E-state index >= 15 is 0 Å². The highest BCUT2D eigenvalue weighted by atomic mass is 35.5. The molecule has 2 N–H and O–H groups in total. The van der Waals surface area contributed by atoms with Crippen LogP contribution in [0.5, 0.6) is 5.75 Å². The van der Waals surface area contributed by atoms with Crippen LogP contribution >= 0.6 is 11.6 Å². The van der Waals surface area contributed by atoms with Gasteiger partial charge in [0.05, 0.1) is 6.20 Å². The molecule has 0 aliphatic rings. The van der Waals surface area contributed by atoms with E-state index in [1.165, 1.54) is 6.07 Å². The molecule has 0 saturated heterocycles. The zero-order valence-electron chi connectivity index (χ0n) is 9.57. The van der Waals surface area contributed by atoms with E-state index in [9.17, 15) is 4.39 Å². The van der Waals surface area contributed by atoms with E-state index in [0.717, 1.165) is 11.8 Å². The zero-order valence-corrected chi connectivity index (χ0v) is 10.3. The first-order chi connectivity index (χ1) is 8.69. The molecule has 0 aliphatic carbocycles. The van der Waals surface area contributed by atoms with Crippen LogP contribution in [0.4, 0.5) is 4.39 Å². The van der Waals surface area contributed by atoms with Gasteiger partial charge in [-0.25, -0.2) is 4.39 Å². The highest BCUT2D eigenvalue weighted by Gasteiger charge is 2.04. The Hall–Kier alpha value is -1.65. The van der Waals surface area contributed by atoms with Gasteiger partial charge in [0.25, 0.3) is 0 Å². The van der Waals surface area contributed by atoms with E-state index in [-0.39, 0.29) is 12.4 Å². The molecule has 0 atom stereocenters. The first-order valence-electron chi connectivity index (χ1n) is 5.40. The van der Waals surface area contributed by atoms with Crippen molar-refractivity contribution in [3.8, 4) is 5.75 Å². The molecule has 0 amide bonds. The summed E-state index contributed by atoms with van der Waals surface area (Å²) in [6.07, 6.45) is 2.70. The molecule has 0 saturated carbocycles. The molecule has 0 radical (unpaired) electrons. The third kappa shape index (κ3) is 3.18. The van der Waals surface area contributed by atoms with Crippen molar-refractivity contribution in [1.29, 1.82) is 0 Å². The van der Waals surface area contributed by atoms with E-state index in [4.69, 9.17) is 22.1 Å². The van der Waals surface area contributed by atoms with E-state index in [2.05, 4.69) is 4.98 Å². The van der Waals surface area contributed by atoms with Crippen LogP contribution in [0.3, 0.4) is 0 Å². The first kappa shape index (κ1) is 12.8. The monoisotopic (exact) mass is 266 g/mol. The molecule has 18 heavy (non-hydrogen) atoms. The Balaban J connectivity index is 2.12. The van der Waals surface area contributed by atoms with Crippen LogP contribution in [-0.2, 0) is 13.2 Å². The van der Waals surface area contributed by atoms with Crippen LogP contribution in [-0.4, -0.2) is 4.98 Å². The average molecular weight is 267 g/mol. The van der Waals surface area contributed by atoms with E-state index < -0.39 is 0 Å². The predicted octanol–water partition coefficient (Wildman–Crippen LogP) is 2.91. The van der Waals surface area contributed by atoms with Crippen LogP contribution in [0.25, 0.3) is 0 Å². The Morgan fingerprint density at radius 2 is 2.11 bits per heavy atom. The van der Waals surface area contributed by atoms with Crippen molar-refractivity contribution in [2.75, 3.05) is 0 Å². The Kier molecular flexibility index (Phi) is 4.12. The molecule has 1 heterocycles. The fourth-order valence-corrected chi connectivity index (χ4v) is 1.69. The van der Waals surface area contributed by atoms with Crippen molar-refractivity contribution in [2.45, 2.75) is 13.2 Å². The van der Waals surface area contributed by atoms with Gasteiger partial charge in [0.1, 0.15) is 18.2 Å². The maximum absolute atomic E-state index is 12.9. The Labute approximate surface area is 109 Å². The van der Waals surface area contributed by atoms with Gasteiger partial charge in [-0.15, -0.1) is 0 Å². The Morgan fingerprint density at radius 1 is 1.28 bits per heavy atom. The van der Waals surface area contributed by atoms with Gasteiger partial charge in [-0.05, 0) is 18.2 Å². The van der Waals surface area contributed by atoms with Gasteiger partial charge in [0, 0.05) is 28.9 Å². The van der Waals surface area contributed by atoms with E-state index in [1.54, 1.807) is 18.3 Å². The molecule has 2 rings (SSSR count). The number of pyridine rings is 1. The van der Waals surface area contributed by atoms with Gasteiger partial charge in [-0.3, -0.25) is 4.98 Å². The number of nitrogens with zero attached hydrogens (tertiary/aromatic N) is 1. The molecule has 3 nitrogen and oxygen atoms in total. The second-order valence-corrected chi connectivity index (χ2v) is 4.19. The molecule has 94 valence electrons. The number of ether oxygens (including phenoxy) is 1. The van der Waals surface area contributed by atoms with Gasteiger partial charge < -0.3 is 10.5 Å². The third-order valence-corrected chi connectivity index (χ3v) is 2.64. The molecule has 2 aromatic rings. The molecule has 1 aromatic carbocycles. The van der Waals surface area contributed by atoms with Gasteiger partial charge in [-0.2, -0.15) is 0 Å². The lowest BCUT2D eigenvalue weighted by atomic mass is 10.2. The Bertz CT molecular complexity index is 548. The van der Waals surface area contributed by atoms with Crippen LogP contribution in [0, 0.1) is 5.82 Å². The first-order valence-corrected chi connectivity index (χ1v) is 5.77. The van der Waals surface area contributed by atoms with Crippen molar-refractivity contribution in [3.63, 3.8) is 0 Å². The smallest absolute Gasteiger partial charge is 0.141 e. The SMILES string of the molecule is NCc1ccc(Cl)cc1OCc1cncc(F)c1. The summed E-state index contributed by atoms with van der Waals surface area (Å²) in [5.74, 6) is 0.218. The van der Waals surface area contributed by atoms with Crippen LogP contribution < -0.4 is 10.5 Å². The second-order valence-electron chi connectivity index (χ2n) is 3.76. The number of hydrogen-bond donors (Lipinski definition) is 1. The number of rotatable bonds is 4. The summed E-state index contributed by atoms with van der Waals surface area (Å²) < 4.78 is 18.5. The standard InChI is InChI=1S/C13H12ClFN2O/c14-11-2-1-10(5-16)13(4-11)18-8-9-3-12(15)7-17-6-9/h1-4,6-7H,5,8,16H2. The van der Waals surface area contributed by atoms with E-state index in [1.807, 2.05) is 6.07 Å². The molecule has 0 bridgehead atoms. The highest BCUT2D eigenvalue weighted by Crippen LogP contribution is 2.24. The lowest BCUT2D eigenvalue weighted by Gasteiger charge is -2.10. The molecule has 0 aliphatic heterocycles. The van der Waals surface area contributed by atoms with Gasteiger partial charge in [0.2, 0.25) is 0 Å². The molecule has 0 fully saturated rings. The maximum Gasteiger partial charge on any atom is 0.141 e. The minimum atomic E-state index is -0.388. The summed E-state index contributed by atoms with van der Waals surface area (Å²) in [5.41, 5.74) is 7.10. The largest absolute Gasteiger partial charge is 0.488 e. The van der Waals surface area contributed by atoms with Crippen molar-refractivity contribution < 1.29 is 9.13 Å². The molecular formula is C13H12ClFN2O. The molecule has 0 unspecified atom stereocenters. The summed E-state index contributed by atoms with van der Waals surface area (Å²) in [5, 5.41) is 0.569. The van der Waals surface area contributed by atoms with Gasteiger partial charge >= 0.3 is 0 Å². The number of aromatic nitrogens is 1. The minimum Gasteiger partial charge on any atom is -0.488 e. The highest BCUT2D eigenvalue weighted by molar-refractivity contribution is 6.30. The quantitative estimate of drug-likeness (QED) is 0.926. The second kappa shape index (κ2) is 5.80. The summed E-state index contributed by atoms with van der Waals surface area (Å²) >= 11 is 5.89. The molecule has 5 heteroatoms. The third-order valence-electron chi connectivity index (χ3n) is 2.40. The van der Waals surface area contributed by atoms with Crippen molar-refractivity contribution in [1.82, 2.24) is 4.98 Å². The van der Waals surface area contributed by atoms with Crippen LogP contribution in [0.2, 0.25) is 5.02 Å². The normalized spacial score (nSPS) is 10.4. The molecular weight excluding hydrogens is 255 g/mol. The predicted molar refractivity (Wildman–Crippen MR) is 67.9 cm³/mol. The number of hydrogen-bond acceptors (Lipinski definition) is 3. The lowest BCUT2D eigenvalue weighted by Crippen LogP contribution is -2.03. The topological polar surface area (TPSA) is 48.1 Å². The number of nitrogens with two attached hydrogens (primary N) is 1. The number of halogens is 2. The Morgan fingerprint density at radius 3 is 2.83 bits per heavy atom.